The van der Waals surface area contributed by atoms with Crippen LogP contribution in [0.15, 0.2) is 24.3 Å². The van der Waals surface area contributed by atoms with E-state index in [1.54, 1.807) is 4.90 Å². The molecular weight excluding hydrogens is 268 g/mol. The van der Waals surface area contributed by atoms with Crippen LogP contribution in [0.5, 0.6) is 0 Å². The molecule has 1 N–H and O–H groups in total. The number of aryl methyl sites for hydroxylation is 1. The van der Waals surface area contributed by atoms with Crippen molar-refractivity contribution in [3.8, 4) is 0 Å². The molecule has 5 heteroatoms. The zero-order valence-electron chi connectivity index (χ0n) is 12.8. The molecule has 21 heavy (non-hydrogen) atoms. The number of carbonyl (C=O) groups excluding carboxylic acids is 2. The second-order valence-electron chi connectivity index (χ2n) is 5.47. The number of anilines is 1. The number of ether oxygens (including phenoxy) is 1. The van der Waals surface area contributed by atoms with E-state index in [4.69, 9.17) is 4.74 Å². The number of nitrogens with zero attached hydrogens (tertiary/aromatic N) is 1. The van der Waals surface area contributed by atoms with Gasteiger partial charge in [0, 0.05) is 18.8 Å². The van der Waals surface area contributed by atoms with Crippen molar-refractivity contribution in [1.29, 1.82) is 0 Å². The number of hydrogen-bond donors (Lipinski definition) is 1. The van der Waals surface area contributed by atoms with Crippen LogP contribution in [-0.4, -0.2) is 42.0 Å². The highest BCUT2D eigenvalue weighted by molar-refractivity contribution is 6.39. The van der Waals surface area contributed by atoms with Gasteiger partial charge in [-0.15, -0.1) is 0 Å². The van der Waals surface area contributed by atoms with Crippen LogP contribution in [0, 0.1) is 0 Å². The lowest BCUT2D eigenvalue weighted by atomic mass is 10.1. The number of rotatable bonds is 2. The maximum Gasteiger partial charge on any atom is 0.313 e. The number of nitrogens with one attached hydrogen (secondary N) is 1. The molecule has 1 fully saturated rings. The van der Waals surface area contributed by atoms with E-state index < -0.39 is 11.8 Å². The molecule has 1 aromatic rings. The third-order valence-electron chi connectivity index (χ3n) is 3.52. The minimum Gasteiger partial charge on any atom is -0.372 e. The van der Waals surface area contributed by atoms with Crippen molar-refractivity contribution in [2.45, 2.75) is 39.4 Å². The highest BCUT2D eigenvalue weighted by Crippen LogP contribution is 2.13. The van der Waals surface area contributed by atoms with E-state index in [0.717, 1.165) is 6.42 Å². The fraction of sp³-hybridized carbons (Fsp3) is 0.500. The summed E-state index contributed by atoms with van der Waals surface area (Å²) in [6.45, 7) is 6.77. The van der Waals surface area contributed by atoms with Gasteiger partial charge in [-0.05, 0) is 38.0 Å². The third-order valence-corrected chi connectivity index (χ3v) is 3.52. The molecule has 5 nitrogen and oxygen atoms in total. The molecule has 114 valence electrons. The molecule has 1 aliphatic heterocycles. The Morgan fingerprint density at radius 1 is 1.19 bits per heavy atom. The Kier molecular flexibility index (Phi) is 4.96. The van der Waals surface area contributed by atoms with Crippen LogP contribution in [0.25, 0.3) is 0 Å². The number of morpholine rings is 1. The zero-order chi connectivity index (χ0) is 15.4. The van der Waals surface area contributed by atoms with Crippen LogP contribution >= 0.6 is 0 Å². The number of hydrogen-bond acceptors (Lipinski definition) is 3. The lowest BCUT2D eigenvalue weighted by Crippen LogP contribution is -2.51. The minimum absolute atomic E-state index is 0.0469. The summed E-state index contributed by atoms with van der Waals surface area (Å²) in [7, 11) is 0. The monoisotopic (exact) mass is 290 g/mol. The summed E-state index contributed by atoms with van der Waals surface area (Å²) in [5, 5.41) is 2.65. The lowest BCUT2D eigenvalue weighted by Gasteiger charge is -2.34. The van der Waals surface area contributed by atoms with Gasteiger partial charge < -0.3 is 15.0 Å². The molecule has 1 saturated heterocycles. The first-order valence-corrected chi connectivity index (χ1v) is 7.34. The van der Waals surface area contributed by atoms with Crippen molar-refractivity contribution < 1.29 is 14.3 Å². The fourth-order valence-corrected chi connectivity index (χ4v) is 2.50. The normalized spacial score (nSPS) is 22.0. The Hall–Kier alpha value is -1.88. The molecule has 0 saturated carbocycles. The first-order chi connectivity index (χ1) is 9.99. The number of benzene rings is 1. The van der Waals surface area contributed by atoms with Crippen LogP contribution < -0.4 is 5.32 Å². The molecule has 0 aliphatic carbocycles. The largest absolute Gasteiger partial charge is 0.372 e. The molecule has 1 heterocycles. The molecule has 0 radical (unpaired) electrons. The summed E-state index contributed by atoms with van der Waals surface area (Å²) in [5.41, 5.74) is 1.83. The maximum absolute atomic E-state index is 12.2. The van der Waals surface area contributed by atoms with E-state index in [9.17, 15) is 9.59 Å². The van der Waals surface area contributed by atoms with Gasteiger partial charge in [0.05, 0.1) is 12.2 Å². The van der Waals surface area contributed by atoms with Crippen LogP contribution in [0.1, 0.15) is 26.3 Å². The second-order valence-corrected chi connectivity index (χ2v) is 5.47. The van der Waals surface area contributed by atoms with Crippen molar-refractivity contribution in [2.24, 2.45) is 0 Å². The number of amides is 2. The summed E-state index contributed by atoms with van der Waals surface area (Å²) in [5.74, 6) is -1.10. The number of carbonyl (C=O) groups is 2. The van der Waals surface area contributed by atoms with Gasteiger partial charge in [0.25, 0.3) is 0 Å². The molecule has 0 bridgehead atoms. The van der Waals surface area contributed by atoms with E-state index in [1.165, 1.54) is 5.56 Å². The average Bonchev–Trinajstić information content (AvgIpc) is 2.46. The predicted octanol–water partition coefficient (Wildman–Crippen LogP) is 1.82. The van der Waals surface area contributed by atoms with Gasteiger partial charge in [-0.2, -0.15) is 0 Å². The smallest absolute Gasteiger partial charge is 0.313 e. The molecule has 2 atom stereocenters. The first kappa shape index (κ1) is 15.5. The topological polar surface area (TPSA) is 58.6 Å². The average molecular weight is 290 g/mol. The minimum atomic E-state index is -0.597. The van der Waals surface area contributed by atoms with Gasteiger partial charge in [0.2, 0.25) is 0 Å². The van der Waals surface area contributed by atoms with Gasteiger partial charge in [0.1, 0.15) is 0 Å². The molecule has 2 unspecified atom stereocenters. The summed E-state index contributed by atoms with van der Waals surface area (Å²) >= 11 is 0. The quantitative estimate of drug-likeness (QED) is 0.845. The van der Waals surface area contributed by atoms with Crippen molar-refractivity contribution in [3.63, 3.8) is 0 Å². The van der Waals surface area contributed by atoms with E-state index in [0.29, 0.717) is 18.8 Å². The third kappa shape index (κ3) is 4.04. The van der Waals surface area contributed by atoms with Crippen LogP contribution in [0.4, 0.5) is 5.69 Å². The van der Waals surface area contributed by atoms with Gasteiger partial charge in [0.15, 0.2) is 0 Å². The second kappa shape index (κ2) is 6.72. The van der Waals surface area contributed by atoms with Crippen molar-refractivity contribution in [2.75, 3.05) is 18.4 Å². The molecule has 1 aromatic carbocycles. The molecule has 0 spiro atoms. The molecule has 0 aromatic heterocycles. The van der Waals surface area contributed by atoms with Crippen LogP contribution in [-0.2, 0) is 20.7 Å². The van der Waals surface area contributed by atoms with E-state index in [-0.39, 0.29) is 12.2 Å². The lowest BCUT2D eigenvalue weighted by molar-refractivity contribution is -0.151. The van der Waals surface area contributed by atoms with Gasteiger partial charge >= 0.3 is 11.8 Å². The van der Waals surface area contributed by atoms with E-state index in [1.807, 2.05) is 38.1 Å². The van der Waals surface area contributed by atoms with Crippen molar-refractivity contribution in [1.82, 2.24) is 4.90 Å². The summed E-state index contributed by atoms with van der Waals surface area (Å²) < 4.78 is 5.56. The Morgan fingerprint density at radius 2 is 1.76 bits per heavy atom. The molecule has 2 rings (SSSR count). The summed E-state index contributed by atoms with van der Waals surface area (Å²) in [6.07, 6.45) is 0.847. The first-order valence-electron chi connectivity index (χ1n) is 7.34. The SMILES string of the molecule is CCc1ccc(NC(=O)C(=O)N2CC(C)OC(C)C2)cc1. The summed E-state index contributed by atoms with van der Waals surface area (Å²) in [6, 6.07) is 7.51. The Balaban J connectivity index is 1.97. The van der Waals surface area contributed by atoms with Gasteiger partial charge in [-0.25, -0.2) is 0 Å². The van der Waals surface area contributed by atoms with Crippen molar-refractivity contribution in [3.05, 3.63) is 29.8 Å². The molecule has 2 amide bonds. The zero-order valence-corrected chi connectivity index (χ0v) is 12.8. The summed E-state index contributed by atoms with van der Waals surface area (Å²) in [4.78, 5) is 25.8. The molecule has 1 aliphatic rings. The van der Waals surface area contributed by atoms with Gasteiger partial charge in [-0.1, -0.05) is 19.1 Å². The van der Waals surface area contributed by atoms with Crippen molar-refractivity contribution >= 4 is 17.5 Å². The van der Waals surface area contributed by atoms with Gasteiger partial charge in [-0.3, -0.25) is 9.59 Å². The highest BCUT2D eigenvalue weighted by atomic mass is 16.5. The maximum atomic E-state index is 12.2. The fourth-order valence-electron chi connectivity index (χ4n) is 2.50. The Morgan fingerprint density at radius 3 is 2.29 bits per heavy atom. The Labute approximate surface area is 125 Å². The highest BCUT2D eigenvalue weighted by Gasteiger charge is 2.29. The van der Waals surface area contributed by atoms with E-state index >= 15 is 0 Å². The van der Waals surface area contributed by atoms with Crippen LogP contribution in [0.3, 0.4) is 0 Å². The van der Waals surface area contributed by atoms with Crippen LogP contribution in [0.2, 0.25) is 0 Å². The standard InChI is InChI=1S/C16H22N2O3/c1-4-13-5-7-14(8-6-13)17-15(19)16(20)18-9-11(2)21-12(3)10-18/h5-8,11-12H,4,9-10H2,1-3H3,(H,17,19). The van der Waals surface area contributed by atoms with E-state index in [2.05, 4.69) is 12.2 Å². The molecular formula is C16H22N2O3. The predicted molar refractivity (Wildman–Crippen MR) is 81.0 cm³/mol. The Bertz CT molecular complexity index is 503.